The molecule has 1 aromatic carbocycles. The van der Waals surface area contributed by atoms with Gasteiger partial charge in [-0.3, -0.25) is 4.79 Å². The quantitative estimate of drug-likeness (QED) is 0.787. The molecule has 0 aliphatic carbocycles. The van der Waals surface area contributed by atoms with Crippen molar-refractivity contribution in [3.05, 3.63) is 29.3 Å². The van der Waals surface area contributed by atoms with Crippen molar-refractivity contribution >= 4 is 11.9 Å². The predicted octanol–water partition coefficient (Wildman–Crippen LogP) is 0.850. The maximum absolute atomic E-state index is 11.9. The second-order valence-electron chi connectivity index (χ2n) is 4.89. The monoisotopic (exact) mass is 292 g/mol. The molecule has 0 bridgehead atoms. The summed E-state index contributed by atoms with van der Waals surface area (Å²) in [5.41, 5.74) is 1.17. The van der Waals surface area contributed by atoms with Gasteiger partial charge in [0.25, 0.3) is 0 Å². The molecule has 6 nitrogen and oxygen atoms in total. The summed E-state index contributed by atoms with van der Waals surface area (Å²) in [6.07, 6.45) is 1.88. The minimum atomic E-state index is -0.461. The lowest BCUT2D eigenvalue weighted by Gasteiger charge is -2.12. The van der Waals surface area contributed by atoms with Crippen LogP contribution in [-0.4, -0.2) is 38.7 Å². The van der Waals surface area contributed by atoms with E-state index in [9.17, 15) is 9.59 Å². The summed E-state index contributed by atoms with van der Waals surface area (Å²) in [6.45, 7) is 1.25. The lowest BCUT2D eigenvalue weighted by Crippen LogP contribution is -2.40. The smallest absolute Gasteiger partial charge is 0.341 e. The molecule has 0 radical (unpaired) electrons. The van der Waals surface area contributed by atoms with Crippen LogP contribution in [0, 0.1) is 0 Å². The number of nitrogens with one attached hydrogen (secondary N) is 2. The number of methoxy groups -OCH3 is 2. The molecule has 1 atom stereocenters. The van der Waals surface area contributed by atoms with E-state index < -0.39 is 5.97 Å². The van der Waals surface area contributed by atoms with E-state index in [1.807, 2.05) is 6.07 Å². The van der Waals surface area contributed by atoms with Gasteiger partial charge in [0.15, 0.2) is 0 Å². The molecule has 2 N–H and O–H groups in total. The zero-order chi connectivity index (χ0) is 15.2. The Morgan fingerprint density at radius 2 is 2.19 bits per heavy atom. The Labute approximate surface area is 123 Å². The van der Waals surface area contributed by atoms with Crippen LogP contribution in [0.4, 0.5) is 0 Å². The van der Waals surface area contributed by atoms with Crippen LogP contribution in [0.5, 0.6) is 5.75 Å². The molecule has 1 aliphatic rings. The zero-order valence-electron chi connectivity index (χ0n) is 12.3. The normalized spacial score (nSPS) is 17.3. The van der Waals surface area contributed by atoms with Gasteiger partial charge in [0, 0.05) is 6.54 Å². The van der Waals surface area contributed by atoms with E-state index in [1.165, 1.54) is 14.2 Å². The molecule has 1 aromatic rings. The van der Waals surface area contributed by atoms with Crippen molar-refractivity contribution < 1.29 is 19.1 Å². The summed E-state index contributed by atoms with van der Waals surface area (Å²) in [5, 5.41) is 6.01. The number of benzene rings is 1. The summed E-state index contributed by atoms with van der Waals surface area (Å²) in [7, 11) is 2.82. The summed E-state index contributed by atoms with van der Waals surface area (Å²) >= 11 is 0. The first-order chi connectivity index (χ1) is 10.2. The average Bonchev–Trinajstić information content (AvgIpc) is 3.06. The standard InChI is InChI=1S/C15H20N2O4/c1-20-13-6-5-10(8-11(13)15(19)21-2)9-17-14(18)12-4-3-7-16-12/h5-6,8,12,16H,3-4,7,9H2,1-2H3,(H,17,18). The topological polar surface area (TPSA) is 76.7 Å². The fourth-order valence-corrected chi connectivity index (χ4v) is 2.36. The van der Waals surface area contributed by atoms with Crippen molar-refractivity contribution in [1.82, 2.24) is 10.6 Å². The minimum Gasteiger partial charge on any atom is -0.496 e. The Bertz CT molecular complexity index is 524. The molecule has 0 spiro atoms. The highest BCUT2D eigenvalue weighted by atomic mass is 16.5. The van der Waals surface area contributed by atoms with Crippen molar-refractivity contribution in [3.8, 4) is 5.75 Å². The SMILES string of the molecule is COC(=O)c1cc(CNC(=O)C2CCCN2)ccc1OC. The molecule has 6 heteroatoms. The Morgan fingerprint density at radius 1 is 1.38 bits per heavy atom. The molecule has 1 amide bonds. The fraction of sp³-hybridized carbons (Fsp3) is 0.467. The molecule has 1 aliphatic heterocycles. The van der Waals surface area contributed by atoms with E-state index >= 15 is 0 Å². The van der Waals surface area contributed by atoms with Crippen LogP contribution in [0.25, 0.3) is 0 Å². The van der Waals surface area contributed by atoms with Gasteiger partial charge < -0.3 is 20.1 Å². The number of rotatable bonds is 5. The molecule has 0 aromatic heterocycles. The minimum absolute atomic E-state index is 0.0112. The van der Waals surface area contributed by atoms with Crippen molar-refractivity contribution in [3.63, 3.8) is 0 Å². The first kappa shape index (κ1) is 15.3. The number of ether oxygens (including phenoxy) is 2. The molecule has 2 rings (SSSR count). The predicted molar refractivity (Wildman–Crippen MR) is 77.2 cm³/mol. The summed E-state index contributed by atoms with van der Waals surface area (Å²) in [6, 6.07) is 5.07. The van der Waals surface area contributed by atoms with Crippen molar-refractivity contribution in [2.75, 3.05) is 20.8 Å². The summed E-state index contributed by atoms with van der Waals surface area (Å²) in [5.74, 6) is -0.0187. The largest absolute Gasteiger partial charge is 0.496 e. The number of hydrogen-bond acceptors (Lipinski definition) is 5. The maximum atomic E-state index is 11.9. The van der Waals surface area contributed by atoms with Gasteiger partial charge in [-0.1, -0.05) is 6.07 Å². The molecular formula is C15H20N2O4. The first-order valence-electron chi connectivity index (χ1n) is 6.92. The third kappa shape index (κ3) is 3.72. The highest BCUT2D eigenvalue weighted by Crippen LogP contribution is 2.20. The Kier molecular flexibility index (Phi) is 5.16. The number of hydrogen-bond donors (Lipinski definition) is 2. The van der Waals surface area contributed by atoms with Crippen molar-refractivity contribution in [2.24, 2.45) is 0 Å². The molecule has 1 heterocycles. The average molecular weight is 292 g/mol. The molecule has 21 heavy (non-hydrogen) atoms. The zero-order valence-corrected chi connectivity index (χ0v) is 12.3. The number of esters is 1. The van der Waals surface area contributed by atoms with Gasteiger partial charge in [0.1, 0.15) is 11.3 Å². The fourth-order valence-electron chi connectivity index (χ4n) is 2.36. The van der Waals surface area contributed by atoms with Gasteiger partial charge in [0.05, 0.1) is 20.3 Å². The molecule has 1 saturated heterocycles. The van der Waals surface area contributed by atoms with E-state index in [4.69, 9.17) is 9.47 Å². The van der Waals surface area contributed by atoms with E-state index in [0.717, 1.165) is 24.9 Å². The highest BCUT2D eigenvalue weighted by Gasteiger charge is 2.21. The second-order valence-corrected chi connectivity index (χ2v) is 4.89. The molecule has 0 saturated carbocycles. The number of carbonyl (C=O) groups is 2. The third-order valence-electron chi connectivity index (χ3n) is 3.51. The van der Waals surface area contributed by atoms with E-state index in [2.05, 4.69) is 10.6 Å². The van der Waals surface area contributed by atoms with Crippen LogP contribution in [0.1, 0.15) is 28.8 Å². The number of carbonyl (C=O) groups excluding carboxylic acids is 2. The van der Waals surface area contributed by atoms with Crippen LogP contribution in [-0.2, 0) is 16.1 Å². The Balaban J connectivity index is 2.03. The van der Waals surface area contributed by atoms with Gasteiger partial charge in [0.2, 0.25) is 5.91 Å². The molecular weight excluding hydrogens is 272 g/mol. The lowest BCUT2D eigenvalue weighted by atomic mass is 10.1. The van der Waals surface area contributed by atoms with Gasteiger partial charge >= 0.3 is 5.97 Å². The van der Waals surface area contributed by atoms with Crippen LogP contribution in [0.2, 0.25) is 0 Å². The number of amides is 1. The second kappa shape index (κ2) is 7.08. The van der Waals surface area contributed by atoms with Gasteiger partial charge in [-0.15, -0.1) is 0 Å². The van der Waals surface area contributed by atoms with E-state index in [1.54, 1.807) is 12.1 Å². The van der Waals surface area contributed by atoms with Crippen molar-refractivity contribution in [1.29, 1.82) is 0 Å². The highest BCUT2D eigenvalue weighted by molar-refractivity contribution is 5.92. The van der Waals surface area contributed by atoms with Gasteiger partial charge in [-0.25, -0.2) is 4.79 Å². The lowest BCUT2D eigenvalue weighted by molar-refractivity contribution is -0.122. The summed E-state index contributed by atoms with van der Waals surface area (Å²) in [4.78, 5) is 23.6. The van der Waals surface area contributed by atoms with Crippen LogP contribution < -0.4 is 15.4 Å². The van der Waals surface area contributed by atoms with Gasteiger partial charge in [-0.05, 0) is 37.1 Å². The van der Waals surface area contributed by atoms with E-state index in [0.29, 0.717) is 17.9 Å². The molecule has 1 fully saturated rings. The van der Waals surface area contributed by atoms with Crippen LogP contribution in [0.3, 0.4) is 0 Å². The van der Waals surface area contributed by atoms with Crippen molar-refractivity contribution in [2.45, 2.75) is 25.4 Å². The first-order valence-corrected chi connectivity index (χ1v) is 6.92. The molecule has 1 unspecified atom stereocenters. The maximum Gasteiger partial charge on any atom is 0.341 e. The van der Waals surface area contributed by atoms with Gasteiger partial charge in [-0.2, -0.15) is 0 Å². The third-order valence-corrected chi connectivity index (χ3v) is 3.51. The Hall–Kier alpha value is -2.08. The van der Waals surface area contributed by atoms with Crippen LogP contribution in [0.15, 0.2) is 18.2 Å². The van der Waals surface area contributed by atoms with E-state index in [-0.39, 0.29) is 11.9 Å². The van der Waals surface area contributed by atoms with Crippen LogP contribution >= 0.6 is 0 Å². The Morgan fingerprint density at radius 3 is 2.81 bits per heavy atom. The molecule has 114 valence electrons. The summed E-state index contributed by atoms with van der Waals surface area (Å²) < 4.78 is 9.86.